The Hall–Kier alpha value is -2.09. The lowest BCUT2D eigenvalue weighted by Crippen LogP contribution is -2.14. The van der Waals surface area contributed by atoms with Crippen LogP contribution in [0, 0.1) is 6.92 Å². The van der Waals surface area contributed by atoms with Crippen LogP contribution in [-0.2, 0) is 5.41 Å². The first-order chi connectivity index (χ1) is 9.85. The molecular weight excluding hydrogens is 260 g/mol. The van der Waals surface area contributed by atoms with E-state index in [1.807, 2.05) is 13.0 Å². The van der Waals surface area contributed by atoms with Gasteiger partial charge in [-0.2, -0.15) is 0 Å². The van der Waals surface area contributed by atoms with Gasteiger partial charge in [0.2, 0.25) is 0 Å². The minimum Gasteiger partial charge on any atom is -0.478 e. The Morgan fingerprint density at radius 1 is 1.10 bits per heavy atom. The Labute approximate surface area is 126 Å². The molecule has 1 N–H and O–H groups in total. The molecule has 0 amide bonds. The van der Waals surface area contributed by atoms with E-state index < -0.39 is 5.97 Å². The Morgan fingerprint density at radius 3 is 2.19 bits per heavy atom. The third-order valence-electron chi connectivity index (χ3n) is 4.33. The fourth-order valence-corrected chi connectivity index (χ4v) is 2.43. The van der Waals surface area contributed by atoms with E-state index in [4.69, 9.17) is 5.11 Å². The van der Waals surface area contributed by atoms with E-state index >= 15 is 0 Å². The van der Waals surface area contributed by atoms with Gasteiger partial charge in [0.1, 0.15) is 0 Å². The lowest BCUT2D eigenvalue weighted by molar-refractivity contribution is 0.0697. The lowest BCUT2D eigenvalue weighted by Gasteiger charge is -2.23. The normalized spacial score (nSPS) is 11.4. The molecule has 110 valence electrons. The van der Waals surface area contributed by atoms with Gasteiger partial charge in [0.05, 0.1) is 5.56 Å². The van der Waals surface area contributed by atoms with Gasteiger partial charge in [-0.05, 0) is 53.1 Å². The van der Waals surface area contributed by atoms with Gasteiger partial charge in [0, 0.05) is 0 Å². The van der Waals surface area contributed by atoms with Crippen molar-refractivity contribution in [3.8, 4) is 11.1 Å². The second-order valence-corrected chi connectivity index (χ2v) is 6.15. The molecule has 0 saturated carbocycles. The number of rotatable bonds is 4. The molecule has 0 aromatic heterocycles. The maximum atomic E-state index is 11.0. The molecule has 0 spiro atoms. The summed E-state index contributed by atoms with van der Waals surface area (Å²) >= 11 is 0. The summed E-state index contributed by atoms with van der Waals surface area (Å²) < 4.78 is 0. The average Bonchev–Trinajstić information content (AvgIpc) is 2.47. The Kier molecular flexibility index (Phi) is 4.17. The minimum absolute atomic E-state index is 0.181. The van der Waals surface area contributed by atoms with Crippen LogP contribution in [0.15, 0.2) is 42.5 Å². The molecule has 21 heavy (non-hydrogen) atoms. The van der Waals surface area contributed by atoms with Gasteiger partial charge in [0.15, 0.2) is 0 Å². The Balaban J connectivity index is 2.37. The summed E-state index contributed by atoms with van der Waals surface area (Å²) in [7, 11) is 0. The second kappa shape index (κ2) is 5.72. The molecule has 0 fully saturated rings. The van der Waals surface area contributed by atoms with Crippen molar-refractivity contribution in [2.75, 3.05) is 0 Å². The van der Waals surface area contributed by atoms with E-state index in [2.05, 4.69) is 45.0 Å². The van der Waals surface area contributed by atoms with Gasteiger partial charge in [-0.25, -0.2) is 4.79 Å². The third-order valence-corrected chi connectivity index (χ3v) is 4.33. The Morgan fingerprint density at radius 2 is 1.71 bits per heavy atom. The van der Waals surface area contributed by atoms with Crippen molar-refractivity contribution in [2.24, 2.45) is 0 Å². The van der Waals surface area contributed by atoms with Crippen LogP contribution >= 0.6 is 0 Å². The zero-order valence-electron chi connectivity index (χ0n) is 13.1. The summed E-state index contributed by atoms with van der Waals surface area (Å²) in [5, 5.41) is 9.02. The molecule has 2 heteroatoms. The zero-order valence-corrected chi connectivity index (χ0v) is 13.1. The van der Waals surface area contributed by atoms with Crippen LogP contribution in [0.4, 0.5) is 0 Å². The maximum absolute atomic E-state index is 11.0. The minimum atomic E-state index is -0.885. The fourth-order valence-electron chi connectivity index (χ4n) is 2.43. The van der Waals surface area contributed by atoms with Crippen LogP contribution in [0.1, 0.15) is 48.7 Å². The highest BCUT2D eigenvalue weighted by atomic mass is 16.4. The highest BCUT2D eigenvalue weighted by Crippen LogP contribution is 2.30. The second-order valence-electron chi connectivity index (χ2n) is 6.15. The topological polar surface area (TPSA) is 37.3 Å². The van der Waals surface area contributed by atoms with Gasteiger partial charge in [-0.3, -0.25) is 0 Å². The monoisotopic (exact) mass is 282 g/mol. The summed E-state index contributed by atoms with van der Waals surface area (Å²) in [6.45, 7) is 8.64. The molecule has 0 heterocycles. The summed E-state index contributed by atoms with van der Waals surface area (Å²) in [6.07, 6.45) is 1.10. The SMILES string of the molecule is CCC(C)(C)c1ccc(-c2ccc(C(=O)O)cc2C)cc1. The van der Waals surface area contributed by atoms with E-state index in [0.717, 1.165) is 23.1 Å². The molecule has 2 aromatic rings. The highest BCUT2D eigenvalue weighted by molar-refractivity contribution is 5.89. The molecule has 2 nitrogen and oxygen atoms in total. The zero-order chi connectivity index (χ0) is 15.6. The molecule has 0 atom stereocenters. The smallest absolute Gasteiger partial charge is 0.335 e. The number of carboxylic acids is 1. The van der Waals surface area contributed by atoms with Gasteiger partial charge in [0.25, 0.3) is 0 Å². The predicted octanol–water partition coefficient (Wildman–Crippen LogP) is 5.05. The van der Waals surface area contributed by atoms with Gasteiger partial charge in [-0.15, -0.1) is 0 Å². The highest BCUT2D eigenvalue weighted by Gasteiger charge is 2.17. The molecule has 0 radical (unpaired) electrons. The number of benzene rings is 2. The van der Waals surface area contributed by atoms with Crippen LogP contribution in [0.2, 0.25) is 0 Å². The number of carboxylic acid groups (broad SMARTS) is 1. The average molecular weight is 282 g/mol. The predicted molar refractivity (Wildman–Crippen MR) is 86.9 cm³/mol. The molecule has 2 aromatic carbocycles. The standard InChI is InChI=1S/C19H22O2/c1-5-19(3,4)16-9-6-14(7-10-16)17-11-8-15(18(20)21)12-13(17)2/h6-12H,5H2,1-4H3,(H,20,21). The van der Waals surface area contributed by atoms with Crippen molar-refractivity contribution >= 4 is 5.97 Å². The number of aryl methyl sites for hydroxylation is 1. The summed E-state index contributed by atoms with van der Waals surface area (Å²) in [5.41, 5.74) is 5.03. The van der Waals surface area contributed by atoms with Crippen molar-refractivity contribution in [3.05, 3.63) is 59.2 Å². The van der Waals surface area contributed by atoms with Crippen molar-refractivity contribution in [1.82, 2.24) is 0 Å². The number of carbonyl (C=O) groups is 1. The quantitative estimate of drug-likeness (QED) is 0.852. The van der Waals surface area contributed by atoms with Gasteiger partial charge < -0.3 is 5.11 Å². The first kappa shape index (κ1) is 15.3. The molecule has 0 saturated heterocycles. The number of aromatic carboxylic acids is 1. The van der Waals surface area contributed by atoms with E-state index in [1.165, 1.54) is 5.56 Å². The van der Waals surface area contributed by atoms with Crippen molar-refractivity contribution in [1.29, 1.82) is 0 Å². The van der Waals surface area contributed by atoms with Crippen LogP contribution in [0.5, 0.6) is 0 Å². The number of hydrogen-bond acceptors (Lipinski definition) is 1. The van der Waals surface area contributed by atoms with Crippen LogP contribution < -0.4 is 0 Å². The van der Waals surface area contributed by atoms with Crippen LogP contribution in [0.25, 0.3) is 11.1 Å². The number of hydrogen-bond donors (Lipinski definition) is 1. The molecule has 0 aliphatic rings. The lowest BCUT2D eigenvalue weighted by atomic mass is 9.81. The molecule has 0 aliphatic carbocycles. The molecule has 0 bridgehead atoms. The van der Waals surface area contributed by atoms with E-state index in [1.54, 1.807) is 12.1 Å². The fraction of sp³-hybridized carbons (Fsp3) is 0.316. The van der Waals surface area contributed by atoms with Crippen molar-refractivity contribution in [3.63, 3.8) is 0 Å². The van der Waals surface area contributed by atoms with E-state index in [9.17, 15) is 4.79 Å². The molecular formula is C19H22O2. The van der Waals surface area contributed by atoms with Gasteiger partial charge >= 0.3 is 5.97 Å². The Bertz CT molecular complexity index is 652. The van der Waals surface area contributed by atoms with E-state index in [0.29, 0.717) is 5.56 Å². The molecule has 2 rings (SSSR count). The van der Waals surface area contributed by atoms with Crippen molar-refractivity contribution in [2.45, 2.75) is 39.5 Å². The van der Waals surface area contributed by atoms with Crippen LogP contribution in [-0.4, -0.2) is 11.1 Å². The molecule has 0 aliphatic heterocycles. The summed E-state index contributed by atoms with van der Waals surface area (Å²) in [4.78, 5) is 11.0. The maximum Gasteiger partial charge on any atom is 0.335 e. The summed E-state index contributed by atoms with van der Waals surface area (Å²) in [5.74, 6) is -0.885. The first-order valence-corrected chi connectivity index (χ1v) is 7.30. The van der Waals surface area contributed by atoms with E-state index in [-0.39, 0.29) is 5.41 Å². The van der Waals surface area contributed by atoms with Crippen LogP contribution in [0.3, 0.4) is 0 Å². The summed E-state index contributed by atoms with van der Waals surface area (Å²) in [6, 6.07) is 13.9. The van der Waals surface area contributed by atoms with Gasteiger partial charge in [-0.1, -0.05) is 51.1 Å². The first-order valence-electron chi connectivity index (χ1n) is 7.30. The van der Waals surface area contributed by atoms with Crippen molar-refractivity contribution < 1.29 is 9.90 Å². The molecule has 0 unspecified atom stereocenters. The third kappa shape index (κ3) is 3.15. The largest absolute Gasteiger partial charge is 0.478 e.